The minimum absolute atomic E-state index is 0.141. The van der Waals surface area contributed by atoms with E-state index in [0.29, 0.717) is 35.0 Å². The van der Waals surface area contributed by atoms with Crippen LogP contribution in [0.25, 0.3) is 6.08 Å². The maximum absolute atomic E-state index is 10.3. The molecular weight excluding hydrogens is 442 g/mol. The van der Waals surface area contributed by atoms with Crippen LogP contribution in [-0.2, 0) is 0 Å². The van der Waals surface area contributed by atoms with Gasteiger partial charge in [-0.15, -0.1) is 0 Å². The van der Waals surface area contributed by atoms with E-state index in [1.54, 1.807) is 21.3 Å². The molecule has 6 atom stereocenters. The third-order valence-electron chi connectivity index (χ3n) is 9.88. The molecule has 0 aromatic heterocycles. The van der Waals surface area contributed by atoms with Gasteiger partial charge in [-0.05, 0) is 97.5 Å². The Labute approximate surface area is 208 Å². The Bertz CT molecular complexity index is 1070. The Morgan fingerprint density at radius 2 is 1.63 bits per heavy atom. The average Bonchev–Trinajstić information content (AvgIpc) is 3.14. The van der Waals surface area contributed by atoms with Gasteiger partial charge in [0.25, 0.3) is 0 Å². The first-order chi connectivity index (χ1) is 16.8. The minimum Gasteiger partial charge on any atom is -0.493 e. The topological polar surface area (TPSA) is 80.5 Å². The van der Waals surface area contributed by atoms with Gasteiger partial charge < -0.3 is 24.5 Å². The molecular formula is C29H39NO5. The van der Waals surface area contributed by atoms with Gasteiger partial charge in [0.05, 0.1) is 33.1 Å². The Balaban J connectivity index is 1.51. The van der Waals surface area contributed by atoms with E-state index in [1.165, 1.54) is 5.57 Å². The Morgan fingerprint density at radius 3 is 2.26 bits per heavy atom. The molecule has 35 heavy (non-hydrogen) atoms. The molecule has 190 valence electrons. The van der Waals surface area contributed by atoms with Crippen LogP contribution in [0.4, 0.5) is 0 Å². The van der Waals surface area contributed by atoms with Crippen LogP contribution in [0.3, 0.4) is 0 Å². The number of methoxy groups -OCH3 is 3. The van der Waals surface area contributed by atoms with Crippen LogP contribution in [-0.4, -0.2) is 43.5 Å². The van der Waals surface area contributed by atoms with Gasteiger partial charge in [0.2, 0.25) is 5.75 Å². The lowest BCUT2D eigenvalue weighted by Gasteiger charge is -2.56. The van der Waals surface area contributed by atoms with Crippen LogP contribution >= 0.6 is 0 Å². The maximum atomic E-state index is 10.3. The Hall–Kier alpha value is -2.47. The van der Waals surface area contributed by atoms with E-state index in [0.717, 1.165) is 61.8 Å². The van der Waals surface area contributed by atoms with Crippen molar-refractivity contribution in [1.82, 2.24) is 0 Å². The van der Waals surface area contributed by atoms with Crippen LogP contribution in [0.1, 0.15) is 64.4 Å². The van der Waals surface area contributed by atoms with E-state index in [9.17, 15) is 10.3 Å². The first kappa shape index (κ1) is 24.2. The van der Waals surface area contributed by atoms with Crippen LogP contribution in [0.5, 0.6) is 17.2 Å². The number of allylic oxidation sites excluding steroid dienone is 2. The third-order valence-corrected chi connectivity index (χ3v) is 9.88. The van der Waals surface area contributed by atoms with Gasteiger partial charge in [-0.3, -0.25) is 0 Å². The summed E-state index contributed by atoms with van der Waals surface area (Å²) in [5, 5.41) is 24.4. The lowest BCUT2D eigenvalue weighted by Crippen LogP contribution is -2.50. The number of fused-ring (bicyclic) bond motifs is 5. The zero-order valence-electron chi connectivity index (χ0n) is 21.6. The van der Waals surface area contributed by atoms with E-state index in [4.69, 9.17) is 14.2 Å². The number of aliphatic hydroxyl groups is 1. The van der Waals surface area contributed by atoms with Gasteiger partial charge in [-0.1, -0.05) is 30.7 Å². The molecule has 3 saturated carbocycles. The zero-order chi connectivity index (χ0) is 25.0. The number of hydrogen-bond acceptors (Lipinski definition) is 6. The van der Waals surface area contributed by atoms with Crippen LogP contribution in [0, 0.1) is 28.6 Å². The monoisotopic (exact) mass is 481 g/mol. The molecule has 0 saturated heterocycles. The fraction of sp³-hybridized carbons (Fsp3) is 0.621. The van der Waals surface area contributed by atoms with Gasteiger partial charge in [-0.25, -0.2) is 0 Å². The Morgan fingerprint density at radius 1 is 0.943 bits per heavy atom. The lowest BCUT2D eigenvalue weighted by atomic mass is 9.48. The van der Waals surface area contributed by atoms with E-state index >= 15 is 0 Å². The highest BCUT2D eigenvalue weighted by Crippen LogP contribution is 2.65. The highest BCUT2D eigenvalue weighted by atomic mass is 16.5. The van der Waals surface area contributed by atoms with Crippen molar-refractivity contribution in [1.29, 1.82) is 0 Å². The van der Waals surface area contributed by atoms with Crippen molar-refractivity contribution >= 4 is 11.8 Å². The summed E-state index contributed by atoms with van der Waals surface area (Å²) in [6.07, 6.45) is 11.3. The van der Waals surface area contributed by atoms with Crippen molar-refractivity contribution in [2.45, 2.75) is 64.9 Å². The summed E-state index contributed by atoms with van der Waals surface area (Å²) in [6, 6.07) is 3.89. The van der Waals surface area contributed by atoms with Gasteiger partial charge in [-0.2, -0.15) is 0 Å². The molecule has 1 aromatic rings. The molecule has 4 aliphatic carbocycles. The normalized spacial score (nSPS) is 38.4. The summed E-state index contributed by atoms with van der Waals surface area (Å²) in [6.45, 7) is 4.73. The second kappa shape index (κ2) is 8.88. The fourth-order valence-electron chi connectivity index (χ4n) is 8.02. The largest absolute Gasteiger partial charge is 0.493 e. The first-order valence-electron chi connectivity index (χ1n) is 12.9. The Kier molecular flexibility index (Phi) is 6.15. The minimum atomic E-state index is -0.188. The molecule has 0 spiro atoms. The number of ether oxygens (including phenoxy) is 3. The molecule has 6 nitrogen and oxygen atoms in total. The predicted octanol–water partition coefficient (Wildman–Crippen LogP) is 5.86. The molecule has 0 amide bonds. The summed E-state index contributed by atoms with van der Waals surface area (Å²) < 4.78 is 16.6. The average molecular weight is 482 g/mol. The number of hydrogen-bond donors (Lipinski definition) is 2. The molecule has 0 heterocycles. The van der Waals surface area contributed by atoms with Crippen LogP contribution < -0.4 is 14.2 Å². The van der Waals surface area contributed by atoms with Gasteiger partial charge in [0.15, 0.2) is 11.5 Å². The van der Waals surface area contributed by atoms with E-state index in [2.05, 4.69) is 31.2 Å². The third kappa shape index (κ3) is 3.67. The molecule has 6 heteroatoms. The van der Waals surface area contributed by atoms with E-state index in [-0.39, 0.29) is 16.9 Å². The molecule has 0 unspecified atom stereocenters. The molecule has 0 aliphatic heterocycles. The van der Waals surface area contributed by atoms with E-state index in [1.807, 2.05) is 12.1 Å². The number of benzene rings is 1. The van der Waals surface area contributed by atoms with E-state index < -0.39 is 0 Å². The molecule has 5 rings (SSSR count). The number of rotatable bonds is 4. The molecule has 4 aliphatic rings. The number of nitrogens with zero attached hydrogens (tertiary/aromatic N) is 1. The summed E-state index contributed by atoms with van der Waals surface area (Å²) in [5.41, 5.74) is 4.38. The van der Waals surface area contributed by atoms with Crippen molar-refractivity contribution in [2.24, 2.45) is 33.7 Å². The smallest absolute Gasteiger partial charge is 0.203 e. The summed E-state index contributed by atoms with van der Waals surface area (Å²) >= 11 is 0. The lowest BCUT2D eigenvalue weighted by molar-refractivity contribution is -0.0206. The highest BCUT2D eigenvalue weighted by Gasteiger charge is 2.59. The molecule has 0 bridgehead atoms. The quantitative estimate of drug-likeness (QED) is 0.320. The standard InChI is InChI=1S/C29H39NO5/c1-28-10-8-20(31)16-19(28)6-7-21-22(28)9-11-29(2)23(21)15-18(27(29)30-32)12-17-13-24(33-3)26(35-5)25(14-17)34-4/h6,12-14,20-23,31-32H,7-11,15-16H2,1-5H3/b18-12+,30-27+/t20-,21+,22-,23-,28-,29-/m0/s1. The molecule has 0 radical (unpaired) electrons. The van der Waals surface area contributed by atoms with Gasteiger partial charge in [0.1, 0.15) is 0 Å². The summed E-state index contributed by atoms with van der Waals surface area (Å²) in [5.74, 6) is 3.40. The highest BCUT2D eigenvalue weighted by molar-refractivity contribution is 6.09. The number of oxime groups is 1. The van der Waals surface area contributed by atoms with Crippen molar-refractivity contribution in [3.8, 4) is 17.2 Å². The first-order valence-corrected chi connectivity index (χ1v) is 12.9. The zero-order valence-corrected chi connectivity index (χ0v) is 21.6. The SMILES string of the molecule is COc1cc(/C=C2\C[C@H]3[C@@H]4CC=C5C[C@@H](O)CC[C@]5(C)[C@H]4CC[C@]3(C)\C2=N\O)cc(OC)c1OC. The summed E-state index contributed by atoms with van der Waals surface area (Å²) in [4.78, 5) is 0. The molecule has 2 N–H and O–H groups in total. The van der Waals surface area contributed by atoms with Crippen molar-refractivity contribution in [2.75, 3.05) is 21.3 Å². The number of aliphatic hydroxyl groups excluding tert-OH is 1. The second-order valence-corrected chi connectivity index (χ2v) is 11.4. The maximum Gasteiger partial charge on any atom is 0.203 e. The molecule has 3 fully saturated rings. The predicted molar refractivity (Wildman–Crippen MR) is 136 cm³/mol. The van der Waals surface area contributed by atoms with Gasteiger partial charge >= 0.3 is 0 Å². The van der Waals surface area contributed by atoms with Crippen LogP contribution in [0.2, 0.25) is 0 Å². The van der Waals surface area contributed by atoms with Crippen molar-refractivity contribution in [3.63, 3.8) is 0 Å². The van der Waals surface area contributed by atoms with Crippen molar-refractivity contribution in [3.05, 3.63) is 34.9 Å². The van der Waals surface area contributed by atoms with Crippen LogP contribution in [0.15, 0.2) is 34.5 Å². The van der Waals surface area contributed by atoms with Crippen molar-refractivity contribution < 1.29 is 24.5 Å². The second-order valence-electron chi connectivity index (χ2n) is 11.4. The summed E-state index contributed by atoms with van der Waals surface area (Å²) in [7, 11) is 4.84. The van der Waals surface area contributed by atoms with Gasteiger partial charge in [0, 0.05) is 5.41 Å². The fourth-order valence-corrected chi connectivity index (χ4v) is 8.02. The molecule has 1 aromatic carbocycles.